The largest absolute Gasteiger partial charge is 0.463 e. The second-order valence-electron chi connectivity index (χ2n) is 4.14. The molecule has 0 amide bonds. The van der Waals surface area contributed by atoms with Crippen LogP contribution in [0.4, 0.5) is 0 Å². The number of nitrogens with one attached hydrogen (secondary N) is 1. The van der Waals surface area contributed by atoms with E-state index in [-0.39, 0.29) is 12.0 Å². The van der Waals surface area contributed by atoms with E-state index in [1.807, 2.05) is 17.4 Å². The Kier molecular flexibility index (Phi) is 5.21. The van der Waals surface area contributed by atoms with E-state index in [1.165, 1.54) is 12.1 Å². The van der Waals surface area contributed by atoms with Crippen LogP contribution < -0.4 is 4.72 Å². The SMILES string of the molecule is CCOC(=O)C1=CNSN(C)C1c1ccc(Cl)cc1Cl. The van der Waals surface area contributed by atoms with E-state index < -0.39 is 0 Å². The maximum atomic E-state index is 12.1. The molecule has 0 aliphatic carbocycles. The number of ether oxygens (including phenoxy) is 1. The highest BCUT2D eigenvalue weighted by atomic mass is 35.5. The number of carbonyl (C=O) groups excluding carboxylic acids is 1. The first-order valence-corrected chi connectivity index (χ1v) is 7.55. The Hall–Kier alpha value is -0.880. The van der Waals surface area contributed by atoms with Crippen LogP contribution >= 0.6 is 35.3 Å². The van der Waals surface area contributed by atoms with Crippen molar-refractivity contribution in [2.75, 3.05) is 13.7 Å². The van der Waals surface area contributed by atoms with E-state index >= 15 is 0 Å². The van der Waals surface area contributed by atoms with E-state index in [9.17, 15) is 4.79 Å². The molecule has 1 aromatic carbocycles. The van der Waals surface area contributed by atoms with Gasteiger partial charge in [0.05, 0.1) is 18.2 Å². The van der Waals surface area contributed by atoms with Gasteiger partial charge in [0.1, 0.15) is 0 Å². The second-order valence-corrected chi connectivity index (χ2v) is 5.98. The summed E-state index contributed by atoms with van der Waals surface area (Å²) < 4.78 is 9.96. The van der Waals surface area contributed by atoms with Gasteiger partial charge in [0.2, 0.25) is 0 Å². The van der Waals surface area contributed by atoms with E-state index in [1.54, 1.807) is 25.3 Å². The predicted molar refractivity (Wildman–Crippen MR) is 82.4 cm³/mol. The lowest BCUT2D eigenvalue weighted by Gasteiger charge is -2.32. The number of halogens is 2. The number of benzene rings is 1. The maximum absolute atomic E-state index is 12.1. The average molecular weight is 333 g/mol. The van der Waals surface area contributed by atoms with Crippen molar-refractivity contribution in [1.82, 2.24) is 9.03 Å². The highest BCUT2D eigenvalue weighted by Crippen LogP contribution is 2.38. The summed E-state index contributed by atoms with van der Waals surface area (Å²) in [6, 6.07) is 4.96. The third-order valence-electron chi connectivity index (χ3n) is 2.84. The molecular weight excluding hydrogens is 319 g/mol. The van der Waals surface area contributed by atoms with Crippen LogP contribution in [0.2, 0.25) is 10.0 Å². The monoisotopic (exact) mass is 332 g/mol. The van der Waals surface area contributed by atoms with Crippen LogP contribution in [0.25, 0.3) is 0 Å². The van der Waals surface area contributed by atoms with Crippen molar-refractivity contribution in [3.63, 3.8) is 0 Å². The number of carbonyl (C=O) groups is 1. The second kappa shape index (κ2) is 6.72. The van der Waals surface area contributed by atoms with Gasteiger partial charge in [0, 0.05) is 35.4 Å². The van der Waals surface area contributed by atoms with Crippen LogP contribution in [0.15, 0.2) is 30.0 Å². The molecule has 1 aliphatic rings. The number of rotatable bonds is 3. The first-order valence-electron chi connectivity index (χ1n) is 6.02. The lowest BCUT2D eigenvalue weighted by molar-refractivity contribution is -0.139. The molecule has 4 nitrogen and oxygen atoms in total. The average Bonchev–Trinajstić information content (AvgIpc) is 2.40. The zero-order chi connectivity index (χ0) is 14.7. The molecule has 0 bridgehead atoms. The molecule has 20 heavy (non-hydrogen) atoms. The number of nitrogens with zero attached hydrogens (tertiary/aromatic N) is 1. The third-order valence-corrected chi connectivity index (χ3v) is 4.12. The van der Waals surface area contributed by atoms with Gasteiger partial charge < -0.3 is 9.46 Å². The number of esters is 1. The van der Waals surface area contributed by atoms with Gasteiger partial charge >= 0.3 is 5.97 Å². The van der Waals surface area contributed by atoms with Crippen LogP contribution in [0.3, 0.4) is 0 Å². The minimum atomic E-state index is -0.358. The summed E-state index contributed by atoms with van der Waals surface area (Å²) in [6.07, 6.45) is 1.65. The molecular formula is C13H14Cl2N2O2S. The summed E-state index contributed by atoms with van der Waals surface area (Å²) in [7, 11) is 1.87. The summed E-state index contributed by atoms with van der Waals surface area (Å²) in [5.74, 6) is -0.358. The zero-order valence-corrected chi connectivity index (χ0v) is 13.4. The molecule has 0 aromatic heterocycles. The first-order chi connectivity index (χ1) is 9.54. The molecule has 2 rings (SSSR count). The van der Waals surface area contributed by atoms with Crippen molar-refractivity contribution in [3.8, 4) is 0 Å². The van der Waals surface area contributed by atoms with Gasteiger partial charge in [-0.2, -0.15) is 0 Å². The topological polar surface area (TPSA) is 41.6 Å². The Morgan fingerprint density at radius 2 is 2.25 bits per heavy atom. The Morgan fingerprint density at radius 1 is 1.50 bits per heavy atom. The molecule has 0 radical (unpaired) electrons. The van der Waals surface area contributed by atoms with Crippen molar-refractivity contribution in [2.45, 2.75) is 13.0 Å². The number of likely N-dealkylation sites (N-methyl/N-ethyl adjacent to an activating group) is 1. The maximum Gasteiger partial charge on any atom is 0.337 e. The minimum absolute atomic E-state index is 0.287. The normalized spacial score (nSPS) is 19.2. The highest BCUT2D eigenvalue weighted by molar-refractivity contribution is 7.95. The summed E-state index contributed by atoms with van der Waals surface area (Å²) >= 11 is 13.6. The summed E-state index contributed by atoms with van der Waals surface area (Å²) in [5.41, 5.74) is 1.32. The molecule has 1 heterocycles. The van der Waals surface area contributed by atoms with E-state index in [0.29, 0.717) is 22.2 Å². The quantitative estimate of drug-likeness (QED) is 0.676. The molecule has 108 valence electrons. The van der Waals surface area contributed by atoms with Crippen LogP contribution in [0.5, 0.6) is 0 Å². The molecule has 0 saturated carbocycles. The summed E-state index contributed by atoms with van der Waals surface area (Å²) in [5, 5.41) is 1.08. The lowest BCUT2D eigenvalue weighted by atomic mass is 9.99. The Bertz CT molecular complexity index is 551. The minimum Gasteiger partial charge on any atom is -0.463 e. The molecule has 0 spiro atoms. The lowest BCUT2D eigenvalue weighted by Crippen LogP contribution is -2.31. The van der Waals surface area contributed by atoms with E-state index in [4.69, 9.17) is 27.9 Å². The van der Waals surface area contributed by atoms with Crippen LogP contribution in [-0.2, 0) is 9.53 Å². The van der Waals surface area contributed by atoms with Gasteiger partial charge in [-0.1, -0.05) is 29.3 Å². The fourth-order valence-electron chi connectivity index (χ4n) is 1.97. The van der Waals surface area contributed by atoms with Gasteiger partial charge in [-0.3, -0.25) is 0 Å². The van der Waals surface area contributed by atoms with E-state index in [0.717, 1.165) is 5.56 Å². The van der Waals surface area contributed by atoms with Gasteiger partial charge in [0.25, 0.3) is 0 Å². The standard InChI is InChI=1S/C13H14Cl2N2O2S/c1-3-19-13(18)10-7-16-20-17(2)12(10)9-5-4-8(14)6-11(9)15/h4-7,12,16H,3H2,1-2H3. The Morgan fingerprint density at radius 3 is 2.90 bits per heavy atom. The molecule has 7 heteroatoms. The summed E-state index contributed by atoms with van der Waals surface area (Å²) in [4.78, 5) is 12.1. The van der Waals surface area contributed by atoms with Crippen molar-refractivity contribution < 1.29 is 9.53 Å². The van der Waals surface area contributed by atoms with Gasteiger partial charge in [-0.25, -0.2) is 9.10 Å². The summed E-state index contributed by atoms with van der Waals surface area (Å²) in [6.45, 7) is 2.10. The fourth-order valence-corrected chi connectivity index (χ4v) is 3.16. The van der Waals surface area contributed by atoms with Gasteiger partial charge in [-0.05, 0) is 24.6 Å². The molecule has 1 N–H and O–H groups in total. The van der Waals surface area contributed by atoms with Crippen LogP contribution in [0, 0.1) is 0 Å². The Balaban J connectivity index is 2.41. The molecule has 0 fully saturated rings. The van der Waals surface area contributed by atoms with Crippen molar-refractivity contribution in [3.05, 3.63) is 45.6 Å². The smallest absolute Gasteiger partial charge is 0.337 e. The zero-order valence-electron chi connectivity index (χ0n) is 11.0. The van der Waals surface area contributed by atoms with Crippen LogP contribution in [-0.4, -0.2) is 23.9 Å². The van der Waals surface area contributed by atoms with Gasteiger partial charge in [-0.15, -0.1) is 0 Å². The fraction of sp³-hybridized carbons (Fsp3) is 0.308. The molecule has 1 unspecified atom stereocenters. The van der Waals surface area contributed by atoms with E-state index in [2.05, 4.69) is 4.72 Å². The predicted octanol–water partition coefficient (Wildman–Crippen LogP) is 3.58. The third kappa shape index (κ3) is 3.23. The van der Waals surface area contributed by atoms with Crippen molar-refractivity contribution in [1.29, 1.82) is 0 Å². The molecule has 0 saturated heterocycles. The number of hydrogen-bond donors (Lipinski definition) is 1. The Labute approximate surface area is 132 Å². The van der Waals surface area contributed by atoms with Gasteiger partial charge in [0.15, 0.2) is 0 Å². The van der Waals surface area contributed by atoms with Crippen molar-refractivity contribution >= 4 is 41.3 Å². The van der Waals surface area contributed by atoms with Crippen molar-refractivity contribution in [2.24, 2.45) is 0 Å². The van der Waals surface area contributed by atoms with Crippen LogP contribution in [0.1, 0.15) is 18.5 Å². The molecule has 1 aliphatic heterocycles. The first kappa shape index (κ1) is 15.5. The highest BCUT2D eigenvalue weighted by Gasteiger charge is 2.32. The molecule has 1 atom stereocenters. The molecule has 1 aromatic rings. The number of hydrogen-bond acceptors (Lipinski definition) is 5.